The number of aliphatic carboxylic acids is 1. The van der Waals surface area contributed by atoms with Gasteiger partial charge in [-0.05, 0) is 58.5 Å². The fourth-order valence-electron chi connectivity index (χ4n) is 1.70. The summed E-state index contributed by atoms with van der Waals surface area (Å²) in [5, 5.41) is 8.53. The van der Waals surface area contributed by atoms with E-state index in [1.165, 1.54) is 6.08 Å². The summed E-state index contributed by atoms with van der Waals surface area (Å²) < 4.78 is 6.12. The van der Waals surface area contributed by atoms with Crippen LogP contribution in [-0.4, -0.2) is 23.5 Å². The van der Waals surface area contributed by atoms with E-state index in [0.717, 1.165) is 9.13 Å². The first-order chi connectivity index (χ1) is 10.5. The fourth-order valence-corrected chi connectivity index (χ4v) is 2.06. The summed E-state index contributed by atoms with van der Waals surface area (Å²) in [6.07, 6.45) is 3.22. The second-order valence-electron chi connectivity index (χ2n) is 4.46. The summed E-state index contributed by atoms with van der Waals surface area (Å²) in [4.78, 5) is 22.4. The third kappa shape index (κ3) is 5.00. The Kier molecular flexibility index (Phi) is 5.71. The van der Waals surface area contributed by atoms with Crippen LogP contribution in [0.5, 0.6) is 5.75 Å². The Labute approximate surface area is 141 Å². The maximum atomic E-state index is 12.0. The van der Waals surface area contributed by atoms with Crippen molar-refractivity contribution in [2.75, 3.05) is 6.61 Å². The number of carbonyl (C=O) groups is 2. The summed E-state index contributed by atoms with van der Waals surface area (Å²) in [6.45, 7) is -0.375. The largest absolute Gasteiger partial charge is 0.482 e. The van der Waals surface area contributed by atoms with Crippen LogP contribution in [0.1, 0.15) is 15.9 Å². The molecule has 5 heteroatoms. The molecule has 0 fully saturated rings. The molecule has 0 radical (unpaired) electrons. The Bertz CT molecular complexity index is 688. The Balaban J connectivity index is 1.99. The topological polar surface area (TPSA) is 63.6 Å². The number of benzene rings is 2. The van der Waals surface area contributed by atoms with E-state index in [9.17, 15) is 9.59 Å². The predicted octanol–water partition coefficient (Wildman–Crippen LogP) is 3.65. The van der Waals surface area contributed by atoms with Crippen molar-refractivity contribution in [1.82, 2.24) is 0 Å². The number of hydrogen-bond donors (Lipinski definition) is 1. The normalized spacial score (nSPS) is 10.6. The summed E-state index contributed by atoms with van der Waals surface area (Å²) in [5.41, 5.74) is 1.47. The molecule has 0 unspecified atom stereocenters. The highest BCUT2D eigenvalue weighted by Gasteiger charge is 2.01. The van der Waals surface area contributed by atoms with Crippen LogP contribution in [0.3, 0.4) is 0 Å². The van der Waals surface area contributed by atoms with Gasteiger partial charge in [0.15, 0.2) is 12.4 Å². The van der Waals surface area contributed by atoms with Crippen LogP contribution in [0.15, 0.2) is 54.6 Å². The number of ether oxygens (including phenoxy) is 1. The first-order valence-corrected chi connectivity index (χ1v) is 7.55. The van der Waals surface area contributed by atoms with Gasteiger partial charge in [-0.1, -0.05) is 30.3 Å². The summed E-state index contributed by atoms with van der Waals surface area (Å²) >= 11 is 2.19. The van der Waals surface area contributed by atoms with E-state index in [-0.39, 0.29) is 12.4 Å². The first kappa shape index (κ1) is 16.2. The van der Waals surface area contributed by atoms with Gasteiger partial charge in [0.05, 0.1) is 0 Å². The molecule has 0 bridgehead atoms. The number of carboxylic acids is 1. The average Bonchev–Trinajstić information content (AvgIpc) is 2.52. The summed E-state index contributed by atoms with van der Waals surface area (Å²) in [6, 6.07) is 14.2. The molecular weight excluding hydrogens is 395 g/mol. The van der Waals surface area contributed by atoms with Gasteiger partial charge in [0, 0.05) is 9.13 Å². The number of hydrogen-bond acceptors (Lipinski definition) is 3. The second kappa shape index (κ2) is 7.74. The first-order valence-electron chi connectivity index (χ1n) is 6.47. The smallest absolute Gasteiger partial charge is 0.341 e. The minimum Gasteiger partial charge on any atom is -0.482 e. The molecule has 0 saturated heterocycles. The van der Waals surface area contributed by atoms with Crippen molar-refractivity contribution in [3.8, 4) is 5.75 Å². The average molecular weight is 408 g/mol. The van der Waals surface area contributed by atoms with Crippen molar-refractivity contribution in [1.29, 1.82) is 0 Å². The molecule has 0 aliphatic heterocycles. The highest BCUT2D eigenvalue weighted by molar-refractivity contribution is 14.1. The lowest BCUT2D eigenvalue weighted by atomic mass is 10.1. The van der Waals surface area contributed by atoms with E-state index in [1.54, 1.807) is 42.5 Å². The molecule has 0 aliphatic carbocycles. The maximum Gasteiger partial charge on any atom is 0.341 e. The van der Waals surface area contributed by atoms with Crippen molar-refractivity contribution >= 4 is 40.4 Å². The SMILES string of the molecule is O=C(O)COc1ccc(C=CC(=O)c2ccc(I)cc2)cc1. The molecule has 112 valence electrons. The van der Waals surface area contributed by atoms with Gasteiger partial charge in [-0.25, -0.2) is 4.79 Å². The third-order valence-corrected chi connectivity index (χ3v) is 3.52. The Morgan fingerprint density at radius 3 is 2.27 bits per heavy atom. The van der Waals surface area contributed by atoms with Crippen LogP contribution >= 0.6 is 22.6 Å². The molecule has 0 atom stereocenters. The van der Waals surface area contributed by atoms with Crippen LogP contribution < -0.4 is 4.74 Å². The molecule has 22 heavy (non-hydrogen) atoms. The summed E-state index contributed by atoms with van der Waals surface area (Å²) in [7, 11) is 0. The Morgan fingerprint density at radius 2 is 1.68 bits per heavy atom. The highest BCUT2D eigenvalue weighted by Crippen LogP contribution is 2.14. The Morgan fingerprint density at radius 1 is 1.05 bits per heavy atom. The monoisotopic (exact) mass is 408 g/mol. The van der Waals surface area contributed by atoms with Crippen LogP contribution in [-0.2, 0) is 4.79 Å². The van der Waals surface area contributed by atoms with Crippen molar-refractivity contribution in [3.63, 3.8) is 0 Å². The van der Waals surface area contributed by atoms with Crippen molar-refractivity contribution in [2.24, 2.45) is 0 Å². The van der Waals surface area contributed by atoms with E-state index in [1.807, 2.05) is 12.1 Å². The zero-order chi connectivity index (χ0) is 15.9. The third-order valence-electron chi connectivity index (χ3n) is 2.80. The zero-order valence-corrected chi connectivity index (χ0v) is 13.7. The highest BCUT2D eigenvalue weighted by atomic mass is 127. The molecule has 2 rings (SSSR count). The number of allylic oxidation sites excluding steroid dienone is 1. The molecule has 0 saturated carbocycles. The van der Waals surface area contributed by atoms with Gasteiger partial charge in [-0.2, -0.15) is 0 Å². The van der Waals surface area contributed by atoms with Crippen LogP contribution in [0.2, 0.25) is 0 Å². The lowest BCUT2D eigenvalue weighted by molar-refractivity contribution is -0.139. The quantitative estimate of drug-likeness (QED) is 0.450. The van der Waals surface area contributed by atoms with Crippen LogP contribution in [0.4, 0.5) is 0 Å². The van der Waals surface area contributed by atoms with Crippen LogP contribution in [0.25, 0.3) is 6.08 Å². The zero-order valence-electron chi connectivity index (χ0n) is 11.5. The molecular formula is C17H13IO4. The minimum absolute atomic E-state index is 0.0670. The Hall–Kier alpha value is -2.15. The van der Waals surface area contributed by atoms with Crippen molar-refractivity contribution in [2.45, 2.75) is 0 Å². The molecule has 4 nitrogen and oxygen atoms in total. The molecule has 0 amide bonds. The van der Waals surface area contributed by atoms with Crippen molar-refractivity contribution < 1.29 is 19.4 Å². The summed E-state index contributed by atoms with van der Waals surface area (Å²) in [5.74, 6) is -0.613. The van der Waals surface area contributed by atoms with Gasteiger partial charge in [-0.3, -0.25) is 4.79 Å². The van der Waals surface area contributed by atoms with Gasteiger partial charge < -0.3 is 9.84 Å². The number of ketones is 1. The molecule has 2 aromatic carbocycles. The standard InChI is InChI=1S/C17H13IO4/c18-14-6-4-13(5-7-14)16(19)10-3-12-1-8-15(9-2-12)22-11-17(20)21/h1-10H,11H2,(H,20,21). The number of halogens is 1. The second-order valence-corrected chi connectivity index (χ2v) is 5.70. The van der Waals surface area contributed by atoms with Gasteiger partial charge in [-0.15, -0.1) is 0 Å². The van der Waals surface area contributed by atoms with Gasteiger partial charge in [0.1, 0.15) is 5.75 Å². The number of carbonyl (C=O) groups excluding carboxylic acids is 1. The van der Waals surface area contributed by atoms with Gasteiger partial charge in [0.25, 0.3) is 0 Å². The number of carboxylic acid groups (broad SMARTS) is 1. The molecule has 0 aromatic heterocycles. The molecule has 1 N–H and O–H groups in total. The van der Waals surface area contributed by atoms with E-state index < -0.39 is 5.97 Å². The number of rotatable bonds is 6. The van der Waals surface area contributed by atoms with E-state index >= 15 is 0 Å². The lowest BCUT2D eigenvalue weighted by Gasteiger charge is -2.02. The van der Waals surface area contributed by atoms with E-state index in [4.69, 9.17) is 9.84 Å². The van der Waals surface area contributed by atoms with Crippen molar-refractivity contribution in [3.05, 3.63) is 69.3 Å². The van der Waals surface area contributed by atoms with E-state index in [2.05, 4.69) is 22.6 Å². The molecule has 2 aromatic rings. The molecule has 0 spiro atoms. The van der Waals surface area contributed by atoms with Crippen LogP contribution in [0, 0.1) is 3.57 Å². The molecule has 0 aliphatic rings. The lowest BCUT2D eigenvalue weighted by Crippen LogP contribution is -2.09. The fraction of sp³-hybridized carbons (Fsp3) is 0.0588. The maximum absolute atomic E-state index is 12.0. The van der Waals surface area contributed by atoms with E-state index in [0.29, 0.717) is 11.3 Å². The van der Waals surface area contributed by atoms with Gasteiger partial charge >= 0.3 is 5.97 Å². The predicted molar refractivity (Wildman–Crippen MR) is 92.1 cm³/mol. The minimum atomic E-state index is -1.02. The van der Waals surface area contributed by atoms with Gasteiger partial charge in [0.2, 0.25) is 0 Å². The molecule has 0 heterocycles.